The number of fused-ring (bicyclic) bond motifs is 8. The molecule has 0 bridgehead atoms. The van der Waals surface area contributed by atoms with Crippen molar-refractivity contribution in [2.75, 3.05) is 0 Å². The molecular weight excluding hydrogens is 458 g/mol. The van der Waals surface area contributed by atoms with Gasteiger partial charge in [-0.2, -0.15) is 0 Å². The standard InChI is InChI=1S/C37H25N/c1-2-8-24(9-3-1)27-16-18-31-30(21-27)23-35-33-12-6-7-13-36(33)38-37(35)34-22-29(17-19-32(31)34)28-15-14-25-10-4-5-11-26(25)20-28/h1-22,35H,23H2. The third kappa shape index (κ3) is 3.36. The highest BCUT2D eigenvalue weighted by molar-refractivity contribution is 6.15. The van der Waals surface area contributed by atoms with Gasteiger partial charge in [0.15, 0.2) is 0 Å². The summed E-state index contributed by atoms with van der Waals surface area (Å²) < 4.78 is 0. The Morgan fingerprint density at radius 2 is 1.16 bits per heavy atom. The van der Waals surface area contributed by atoms with E-state index in [0.29, 0.717) is 0 Å². The van der Waals surface area contributed by atoms with Crippen molar-refractivity contribution in [3.8, 4) is 33.4 Å². The van der Waals surface area contributed by atoms with E-state index in [0.717, 1.165) is 12.1 Å². The van der Waals surface area contributed by atoms with Gasteiger partial charge in [0.25, 0.3) is 0 Å². The molecule has 0 spiro atoms. The van der Waals surface area contributed by atoms with Crippen LogP contribution in [0.3, 0.4) is 0 Å². The first kappa shape index (κ1) is 21.3. The van der Waals surface area contributed by atoms with E-state index < -0.39 is 0 Å². The van der Waals surface area contributed by atoms with Crippen LogP contribution in [0.2, 0.25) is 0 Å². The van der Waals surface area contributed by atoms with Crippen LogP contribution in [0.25, 0.3) is 44.2 Å². The molecule has 2 aliphatic rings. The highest BCUT2D eigenvalue weighted by atomic mass is 14.8. The monoisotopic (exact) mass is 483 g/mol. The van der Waals surface area contributed by atoms with Gasteiger partial charge in [-0.3, -0.25) is 4.99 Å². The van der Waals surface area contributed by atoms with Gasteiger partial charge in [0.2, 0.25) is 0 Å². The molecule has 6 aromatic rings. The van der Waals surface area contributed by atoms with Crippen molar-refractivity contribution < 1.29 is 0 Å². The minimum absolute atomic E-state index is 0.254. The van der Waals surface area contributed by atoms with Crippen molar-refractivity contribution >= 4 is 22.2 Å². The lowest BCUT2D eigenvalue weighted by molar-refractivity contribution is 0.905. The van der Waals surface area contributed by atoms with Gasteiger partial charge in [0, 0.05) is 11.5 Å². The molecule has 6 aromatic carbocycles. The van der Waals surface area contributed by atoms with Gasteiger partial charge in [-0.25, -0.2) is 0 Å². The molecule has 1 atom stereocenters. The average Bonchev–Trinajstić information content (AvgIpc) is 3.29. The lowest BCUT2D eigenvalue weighted by Crippen LogP contribution is -2.11. The maximum atomic E-state index is 5.24. The molecule has 0 aromatic heterocycles. The Balaban J connectivity index is 1.33. The Morgan fingerprint density at radius 3 is 2.05 bits per heavy atom. The minimum atomic E-state index is 0.254. The Labute approximate surface area is 222 Å². The van der Waals surface area contributed by atoms with E-state index in [9.17, 15) is 0 Å². The molecule has 0 amide bonds. The smallest absolute Gasteiger partial charge is 0.0672 e. The van der Waals surface area contributed by atoms with E-state index in [1.165, 1.54) is 66.6 Å². The van der Waals surface area contributed by atoms with Crippen molar-refractivity contribution in [2.45, 2.75) is 12.3 Å². The summed E-state index contributed by atoms with van der Waals surface area (Å²) in [6.45, 7) is 0. The molecule has 1 aliphatic heterocycles. The largest absolute Gasteiger partial charge is 0.252 e. The Hall–Kier alpha value is -4.75. The highest BCUT2D eigenvalue weighted by Crippen LogP contribution is 2.47. The molecule has 1 unspecified atom stereocenters. The fourth-order valence-electron chi connectivity index (χ4n) is 6.29. The molecule has 0 saturated carbocycles. The molecule has 1 heteroatoms. The number of para-hydroxylation sites is 1. The Kier molecular flexibility index (Phi) is 4.72. The number of hydrogen-bond acceptors (Lipinski definition) is 1. The van der Waals surface area contributed by atoms with Crippen LogP contribution in [0.1, 0.15) is 22.6 Å². The van der Waals surface area contributed by atoms with Crippen LogP contribution in [0.4, 0.5) is 5.69 Å². The fourth-order valence-corrected chi connectivity index (χ4v) is 6.29. The van der Waals surface area contributed by atoms with E-state index in [4.69, 9.17) is 4.99 Å². The Morgan fingerprint density at radius 1 is 0.474 bits per heavy atom. The normalized spacial score (nSPS) is 15.2. The molecule has 1 heterocycles. The lowest BCUT2D eigenvalue weighted by atomic mass is 9.87. The minimum Gasteiger partial charge on any atom is -0.252 e. The maximum absolute atomic E-state index is 5.24. The van der Waals surface area contributed by atoms with Gasteiger partial charge in [-0.1, -0.05) is 115 Å². The number of benzene rings is 6. The van der Waals surface area contributed by atoms with E-state index in [2.05, 4.69) is 133 Å². The third-order valence-electron chi connectivity index (χ3n) is 8.19. The second-order valence-electron chi connectivity index (χ2n) is 10.4. The summed E-state index contributed by atoms with van der Waals surface area (Å²) in [6, 6.07) is 48.7. The summed E-state index contributed by atoms with van der Waals surface area (Å²) in [4.78, 5) is 5.24. The van der Waals surface area contributed by atoms with Crippen molar-refractivity contribution in [1.82, 2.24) is 0 Å². The zero-order chi connectivity index (χ0) is 25.1. The van der Waals surface area contributed by atoms with Gasteiger partial charge >= 0.3 is 0 Å². The molecular formula is C37H25N. The predicted molar refractivity (Wildman–Crippen MR) is 159 cm³/mol. The second kappa shape index (κ2) is 8.39. The van der Waals surface area contributed by atoms with Gasteiger partial charge in [-0.15, -0.1) is 0 Å². The zero-order valence-electron chi connectivity index (χ0n) is 20.9. The summed E-state index contributed by atoms with van der Waals surface area (Å²) in [6.07, 6.45) is 0.950. The lowest BCUT2D eigenvalue weighted by Gasteiger charge is -2.14. The summed E-state index contributed by atoms with van der Waals surface area (Å²) in [5, 5.41) is 2.53. The fraction of sp³-hybridized carbons (Fsp3) is 0.0541. The van der Waals surface area contributed by atoms with Crippen LogP contribution in [-0.4, -0.2) is 5.71 Å². The summed E-state index contributed by atoms with van der Waals surface area (Å²) in [5.41, 5.74) is 13.9. The van der Waals surface area contributed by atoms with Crippen LogP contribution in [0.15, 0.2) is 138 Å². The third-order valence-corrected chi connectivity index (χ3v) is 8.19. The van der Waals surface area contributed by atoms with E-state index in [1.807, 2.05) is 0 Å². The molecule has 0 saturated heterocycles. The molecule has 178 valence electrons. The maximum Gasteiger partial charge on any atom is 0.0672 e. The van der Waals surface area contributed by atoms with Crippen LogP contribution < -0.4 is 0 Å². The molecule has 38 heavy (non-hydrogen) atoms. The first-order valence-electron chi connectivity index (χ1n) is 13.3. The van der Waals surface area contributed by atoms with Crippen LogP contribution in [0.5, 0.6) is 0 Å². The van der Waals surface area contributed by atoms with Crippen LogP contribution in [-0.2, 0) is 6.42 Å². The molecule has 0 fully saturated rings. The van der Waals surface area contributed by atoms with Crippen molar-refractivity contribution in [3.05, 3.63) is 150 Å². The van der Waals surface area contributed by atoms with E-state index >= 15 is 0 Å². The van der Waals surface area contributed by atoms with E-state index in [-0.39, 0.29) is 5.92 Å². The van der Waals surface area contributed by atoms with Gasteiger partial charge in [0.1, 0.15) is 0 Å². The van der Waals surface area contributed by atoms with Gasteiger partial charge in [0.05, 0.1) is 11.4 Å². The summed E-state index contributed by atoms with van der Waals surface area (Å²) >= 11 is 0. The van der Waals surface area contributed by atoms with Gasteiger partial charge in [-0.05, 0) is 79.9 Å². The predicted octanol–water partition coefficient (Wildman–Crippen LogP) is 9.61. The molecule has 8 rings (SSSR count). The quantitative estimate of drug-likeness (QED) is 0.232. The SMILES string of the molecule is c1ccc(-c2ccc3c(c2)CC2C(=Nc4ccccc42)c2cc(-c4ccc5ccccc5c4)ccc2-3)cc1. The molecule has 1 aliphatic carbocycles. The summed E-state index contributed by atoms with van der Waals surface area (Å²) in [5.74, 6) is 0.254. The van der Waals surface area contributed by atoms with E-state index in [1.54, 1.807) is 0 Å². The Bertz CT molecular complexity index is 1890. The molecule has 0 N–H and O–H groups in total. The van der Waals surface area contributed by atoms with Crippen molar-refractivity contribution in [2.24, 2.45) is 4.99 Å². The highest BCUT2D eigenvalue weighted by Gasteiger charge is 2.33. The molecule has 0 radical (unpaired) electrons. The van der Waals surface area contributed by atoms with Crippen LogP contribution >= 0.6 is 0 Å². The number of rotatable bonds is 2. The number of nitrogens with zero attached hydrogens (tertiary/aromatic N) is 1. The number of aliphatic imine (C=N–C) groups is 1. The number of hydrogen-bond donors (Lipinski definition) is 0. The second-order valence-corrected chi connectivity index (χ2v) is 10.4. The zero-order valence-corrected chi connectivity index (χ0v) is 20.9. The van der Waals surface area contributed by atoms with Crippen molar-refractivity contribution in [1.29, 1.82) is 0 Å². The first-order chi connectivity index (χ1) is 18.8. The topological polar surface area (TPSA) is 12.4 Å². The van der Waals surface area contributed by atoms with Crippen molar-refractivity contribution in [3.63, 3.8) is 0 Å². The average molecular weight is 484 g/mol. The first-order valence-corrected chi connectivity index (χ1v) is 13.3. The van der Waals surface area contributed by atoms with Gasteiger partial charge < -0.3 is 0 Å². The summed E-state index contributed by atoms with van der Waals surface area (Å²) in [7, 11) is 0. The van der Waals surface area contributed by atoms with Crippen LogP contribution in [0, 0.1) is 0 Å². The molecule has 1 nitrogen and oxygen atoms in total.